The lowest BCUT2D eigenvalue weighted by Gasteiger charge is -2.50. The van der Waals surface area contributed by atoms with E-state index in [1.165, 1.54) is 34.8 Å². The smallest absolute Gasteiger partial charge is 0.217 e. The number of ether oxygens (including phenoxy) is 8. The van der Waals surface area contributed by atoms with Gasteiger partial charge in [0.2, 0.25) is 5.91 Å². The SMILES string of the molecule is COC(=N)CS[C@@H]1O[C@@H](CO)C(O[C@@H](C)OC(C)C(O)C(O)O)C(O[C@@H]2O[C@@H](CO)C(O)C(O)C2O[C@@H]2O[C@@H](C)C(O)C(O)C2O)C1NC(C)=O. The molecule has 21 nitrogen and oxygen atoms in total. The van der Waals surface area contributed by atoms with E-state index in [1.54, 1.807) is 0 Å². The molecular formula is C29H52N2O19S. The molecule has 3 saturated heterocycles. The van der Waals surface area contributed by atoms with Crippen molar-refractivity contribution in [2.45, 2.75) is 144 Å². The molecule has 11 unspecified atom stereocenters. The van der Waals surface area contributed by atoms with E-state index < -0.39 is 135 Å². The summed E-state index contributed by atoms with van der Waals surface area (Å²) in [6, 6.07) is -1.21. The maximum absolute atomic E-state index is 12.6. The van der Waals surface area contributed by atoms with Crippen LogP contribution in [0.2, 0.25) is 0 Å². The van der Waals surface area contributed by atoms with Crippen molar-refractivity contribution >= 4 is 23.6 Å². The Balaban J connectivity index is 2.05. The first-order valence-corrected chi connectivity index (χ1v) is 17.2. The third-order valence-corrected chi connectivity index (χ3v) is 9.74. The average molecular weight is 765 g/mol. The molecular weight excluding hydrogens is 712 g/mol. The number of rotatable bonds is 16. The first-order chi connectivity index (χ1) is 23.9. The highest BCUT2D eigenvalue weighted by molar-refractivity contribution is 8.00. The van der Waals surface area contributed by atoms with Crippen LogP contribution in [0.25, 0.3) is 0 Å². The molecule has 3 heterocycles. The van der Waals surface area contributed by atoms with Crippen LogP contribution in [0, 0.1) is 5.41 Å². The second-order valence-electron chi connectivity index (χ2n) is 12.4. The fourth-order valence-corrected chi connectivity index (χ4v) is 6.83. The second-order valence-corrected chi connectivity index (χ2v) is 13.5. The maximum Gasteiger partial charge on any atom is 0.217 e. The van der Waals surface area contributed by atoms with Gasteiger partial charge >= 0.3 is 0 Å². The average Bonchev–Trinajstić information content (AvgIpc) is 3.08. The summed E-state index contributed by atoms with van der Waals surface area (Å²) in [5.74, 6) is -0.828. The summed E-state index contributed by atoms with van der Waals surface area (Å²) in [5, 5.41) is 113. The zero-order valence-corrected chi connectivity index (χ0v) is 29.5. The zero-order chi connectivity index (χ0) is 38.3. The number of hydrogen-bond donors (Lipinski definition) is 12. The fraction of sp³-hybridized carbons (Fsp3) is 0.931. The molecule has 0 spiro atoms. The number of carbonyl (C=O) groups excluding carboxylic acids is 1. The number of amides is 1. The van der Waals surface area contributed by atoms with E-state index in [9.17, 15) is 55.9 Å². The van der Waals surface area contributed by atoms with Gasteiger partial charge in [-0.05, 0) is 20.8 Å². The lowest BCUT2D eigenvalue weighted by molar-refractivity contribution is -0.379. The highest BCUT2D eigenvalue weighted by Gasteiger charge is 2.55. The predicted octanol–water partition coefficient (Wildman–Crippen LogP) is -5.59. The number of hydrogen-bond acceptors (Lipinski definition) is 21. The van der Waals surface area contributed by atoms with E-state index in [0.717, 1.165) is 11.8 Å². The summed E-state index contributed by atoms with van der Waals surface area (Å²) in [4.78, 5) is 12.6. The Bertz CT molecular complexity index is 1100. The van der Waals surface area contributed by atoms with E-state index >= 15 is 0 Å². The van der Waals surface area contributed by atoms with Gasteiger partial charge in [-0.3, -0.25) is 10.2 Å². The Morgan fingerprint density at radius 2 is 1.47 bits per heavy atom. The molecule has 0 radical (unpaired) electrons. The summed E-state index contributed by atoms with van der Waals surface area (Å²) in [6.07, 6.45) is -27.1. The van der Waals surface area contributed by atoms with Gasteiger partial charge in [-0.2, -0.15) is 0 Å². The third-order valence-electron chi connectivity index (χ3n) is 8.58. The number of nitrogens with one attached hydrogen (secondary N) is 2. The van der Waals surface area contributed by atoms with Crippen LogP contribution in [0.15, 0.2) is 0 Å². The molecule has 3 fully saturated rings. The molecule has 1 amide bonds. The van der Waals surface area contributed by atoms with Gasteiger partial charge < -0.3 is 94.3 Å². The van der Waals surface area contributed by atoms with Crippen LogP contribution in [0.3, 0.4) is 0 Å². The van der Waals surface area contributed by atoms with Gasteiger partial charge in [0.05, 0.1) is 44.3 Å². The van der Waals surface area contributed by atoms with Crippen molar-refractivity contribution in [2.24, 2.45) is 0 Å². The predicted molar refractivity (Wildman–Crippen MR) is 170 cm³/mol. The number of aliphatic hydroxyl groups excluding tert-OH is 9. The molecule has 0 aromatic heterocycles. The van der Waals surface area contributed by atoms with Gasteiger partial charge in [0.15, 0.2) is 31.1 Å². The van der Waals surface area contributed by atoms with Gasteiger partial charge in [0.25, 0.3) is 0 Å². The maximum atomic E-state index is 12.6. The number of thioether (sulfide) groups is 1. The molecule has 3 aliphatic rings. The van der Waals surface area contributed by atoms with Crippen LogP contribution < -0.4 is 5.32 Å². The van der Waals surface area contributed by atoms with E-state index in [2.05, 4.69) is 5.32 Å². The van der Waals surface area contributed by atoms with Crippen LogP contribution >= 0.6 is 11.8 Å². The minimum Gasteiger partial charge on any atom is -0.484 e. The Morgan fingerprint density at radius 1 is 0.843 bits per heavy atom. The van der Waals surface area contributed by atoms with Crippen molar-refractivity contribution in [2.75, 3.05) is 26.1 Å². The fourth-order valence-electron chi connectivity index (χ4n) is 5.75. The monoisotopic (exact) mass is 764 g/mol. The lowest BCUT2D eigenvalue weighted by Crippen LogP contribution is -2.69. The normalized spacial score (nSPS) is 40.7. The lowest BCUT2D eigenvalue weighted by atomic mass is 9.95. The van der Waals surface area contributed by atoms with E-state index in [0.29, 0.717) is 0 Å². The standard InChI is InChI=1S/C29H52N2O19S/c1-9-17(35)20(38)22(40)27(45-9)50-25-21(39)19(37)13(6-32)47-28(25)49-24-16(31-11(3)34)29(51-8-15(30)43-5)48-14(7-33)23(24)46-12(4)44-10(2)18(36)26(41)42/h9-10,12-14,16-30,32-33,35-42H,6-8H2,1-5H3,(H,31,34)/t9-,10?,12-,13-,14-,16?,17?,18?,19?,20?,21?,22?,23?,24?,25?,27-,28-,29-/m0/s1. The van der Waals surface area contributed by atoms with Crippen molar-refractivity contribution in [3.05, 3.63) is 0 Å². The van der Waals surface area contributed by atoms with E-state index in [4.69, 9.17) is 43.3 Å². The van der Waals surface area contributed by atoms with Crippen molar-refractivity contribution in [3.8, 4) is 0 Å². The van der Waals surface area contributed by atoms with Crippen LogP contribution in [-0.2, 0) is 42.7 Å². The quantitative estimate of drug-likeness (QED) is 0.0396. The molecule has 51 heavy (non-hydrogen) atoms. The Labute approximate surface area is 297 Å². The molecule has 0 aromatic rings. The molecule has 3 rings (SSSR count). The topological polar surface area (TPSA) is 329 Å². The summed E-state index contributed by atoms with van der Waals surface area (Å²) in [6.45, 7) is 3.73. The summed E-state index contributed by atoms with van der Waals surface area (Å²) in [5.41, 5.74) is -1.08. The summed E-state index contributed by atoms with van der Waals surface area (Å²) in [7, 11) is 1.28. The molecule has 12 N–H and O–H groups in total. The van der Waals surface area contributed by atoms with Crippen LogP contribution in [0.1, 0.15) is 27.7 Å². The van der Waals surface area contributed by atoms with Gasteiger partial charge in [-0.25, -0.2) is 0 Å². The van der Waals surface area contributed by atoms with Gasteiger partial charge in [0.1, 0.15) is 72.6 Å². The van der Waals surface area contributed by atoms with Crippen molar-refractivity contribution in [3.63, 3.8) is 0 Å². The van der Waals surface area contributed by atoms with Crippen LogP contribution in [-0.4, -0.2) is 205 Å². The number of aliphatic hydroxyl groups is 10. The molecule has 298 valence electrons. The van der Waals surface area contributed by atoms with E-state index in [-0.39, 0.29) is 11.7 Å². The van der Waals surface area contributed by atoms with E-state index in [1.807, 2.05) is 0 Å². The second kappa shape index (κ2) is 19.8. The number of carbonyl (C=O) groups is 1. The molecule has 0 aliphatic carbocycles. The number of methoxy groups -OCH3 is 1. The van der Waals surface area contributed by atoms with Crippen molar-refractivity contribution in [1.82, 2.24) is 5.32 Å². The Morgan fingerprint density at radius 3 is 2.04 bits per heavy atom. The summed E-state index contributed by atoms with van der Waals surface area (Å²) < 4.78 is 46.2. The Hall–Kier alpha value is -1.39. The zero-order valence-electron chi connectivity index (χ0n) is 28.6. The van der Waals surface area contributed by atoms with Crippen molar-refractivity contribution in [1.29, 1.82) is 5.41 Å². The van der Waals surface area contributed by atoms with Crippen LogP contribution in [0.4, 0.5) is 0 Å². The van der Waals surface area contributed by atoms with Crippen molar-refractivity contribution < 1.29 is 93.8 Å². The Kier molecular flexibility index (Phi) is 17.1. The first kappa shape index (κ1) is 44.0. The van der Waals surface area contributed by atoms with Gasteiger partial charge in [-0.1, -0.05) is 0 Å². The molecule has 0 saturated carbocycles. The first-order valence-electron chi connectivity index (χ1n) is 16.2. The molecule has 0 bridgehead atoms. The van der Waals surface area contributed by atoms with Gasteiger partial charge in [0, 0.05) is 6.92 Å². The largest absolute Gasteiger partial charge is 0.484 e. The molecule has 3 aliphatic heterocycles. The van der Waals surface area contributed by atoms with Gasteiger partial charge in [-0.15, -0.1) is 11.8 Å². The minimum atomic E-state index is -2.15. The van der Waals surface area contributed by atoms with Crippen LogP contribution in [0.5, 0.6) is 0 Å². The molecule has 0 aromatic carbocycles. The highest BCUT2D eigenvalue weighted by atomic mass is 32.2. The summed E-state index contributed by atoms with van der Waals surface area (Å²) >= 11 is 0.981. The minimum absolute atomic E-state index is 0.0710. The third kappa shape index (κ3) is 11.1. The highest BCUT2D eigenvalue weighted by Crippen LogP contribution is 2.36. The molecule has 18 atom stereocenters. The molecule has 22 heteroatoms.